The third kappa shape index (κ3) is 2.15. The summed E-state index contributed by atoms with van der Waals surface area (Å²) in [5, 5.41) is 4.32. The van der Waals surface area contributed by atoms with Crippen molar-refractivity contribution in [2.24, 2.45) is 5.14 Å². The fourth-order valence-corrected chi connectivity index (χ4v) is 1.65. The average Bonchev–Trinajstić information content (AvgIpc) is 1.78. The van der Waals surface area contributed by atoms with Gasteiger partial charge in [-0.3, -0.25) is 0 Å². The van der Waals surface area contributed by atoms with Gasteiger partial charge in [0.25, 0.3) is 0 Å². The lowest BCUT2D eigenvalue weighted by molar-refractivity contribution is 0.520. The van der Waals surface area contributed by atoms with Gasteiger partial charge in [-0.15, -0.1) is 0 Å². The summed E-state index contributed by atoms with van der Waals surface area (Å²) >= 11 is 5.26. The number of hydrogen-bond donors (Lipinski definition) is 1. The van der Waals surface area contributed by atoms with Gasteiger partial charge < -0.3 is 0 Å². The largest absolute Gasteiger partial charge is 0.243 e. The van der Waals surface area contributed by atoms with E-state index < -0.39 is 26.6 Å². The fraction of sp³-hybridized carbons (Fsp3) is 0. The minimum absolute atomic E-state index is 0.234. The Labute approximate surface area is 78.2 Å². The zero-order valence-corrected chi connectivity index (χ0v) is 7.66. The van der Waals surface area contributed by atoms with E-state index in [-0.39, 0.29) is 5.02 Å². The highest BCUT2D eigenvalue weighted by Crippen LogP contribution is 2.21. The number of sulfonamides is 1. The van der Waals surface area contributed by atoms with Crippen LogP contribution in [0, 0.1) is 11.6 Å². The van der Waals surface area contributed by atoms with Crippen LogP contribution in [0.25, 0.3) is 0 Å². The summed E-state index contributed by atoms with van der Waals surface area (Å²) in [5.74, 6) is -2.60. The van der Waals surface area contributed by atoms with Gasteiger partial charge in [0, 0.05) is 5.02 Å². The van der Waals surface area contributed by atoms with Gasteiger partial charge in [0.15, 0.2) is 4.90 Å². The molecule has 1 aromatic carbocycles. The summed E-state index contributed by atoms with van der Waals surface area (Å²) in [6.45, 7) is 0. The Kier molecular flexibility index (Phi) is 2.56. The summed E-state index contributed by atoms with van der Waals surface area (Å²) < 4.78 is 46.9. The van der Waals surface area contributed by atoms with Gasteiger partial charge in [-0.2, -0.15) is 0 Å². The van der Waals surface area contributed by atoms with Crippen LogP contribution in [0.3, 0.4) is 0 Å². The molecule has 0 atom stereocenters. The minimum atomic E-state index is -4.39. The van der Waals surface area contributed by atoms with Gasteiger partial charge in [-0.25, -0.2) is 22.3 Å². The predicted molar refractivity (Wildman–Crippen MR) is 42.7 cm³/mol. The lowest BCUT2D eigenvalue weighted by Gasteiger charge is -2.01. The Morgan fingerprint density at radius 3 is 1.92 bits per heavy atom. The second-order valence-electron chi connectivity index (χ2n) is 2.24. The standard InChI is InChI=1S/C6H4ClF2NO2S/c7-3-1-4(8)6(5(9)2-3)13(10,11)12/h1-2H,(H2,10,11,12). The molecule has 0 aliphatic carbocycles. The van der Waals surface area contributed by atoms with E-state index in [0.29, 0.717) is 12.1 Å². The molecule has 2 N–H and O–H groups in total. The Balaban J connectivity index is 3.57. The second-order valence-corrected chi connectivity index (χ2v) is 4.18. The molecule has 0 aromatic heterocycles. The lowest BCUT2D eigenvalue weighted by Crippen LogP contribution is -2.16. The van der Waals surface area contributed by atoms with Crippen molar-refractivity contribution >= 4 is 21.6 Å². The van der Waals surface area contributed by atoms with Crippen LogP contribution >= 0.6 is 11.6 Å². The zero-order valence-electron chi connectivity index (χ0n) is 6.09. The van der Waals surface area contributed by atoms with E-state index in [9.17, 15) is 17.2 Å². The van der Waals surface area contributed by atoms with Crippen molar-refractivity contribution in [1.82, 2.24) is 0 Å². The Morgan fingerprint density at radius 1 is 1.23 bits per heavy atom. The smallest absolute Gasteiger partial charge is 0.224 e. The SMILES string of the molecule is NS(=O)(=O)c1c(F)cc(Cl)cc1F. The molecule has 7 heteroatoms. The molecule has 1 aromatic rings. The normalized spacial score (nSPS) is 11.7. The highest BCUT2D eigenvalue weighted by atomic mass is 35.5. The summed E-state index contributed by atoms with van der Waals surface area (Å²) in [7, 11) is -4.39. The van der Waals surface area contributed by atoms with Crippen molar-refractivity contribution in [3.63, 3.8) is 0 Å². The Morgan fingerprint density at radius 2 is 1.62 bits per heavy atom. The van der Waals surface area contributed by atoms with E-state index in [1.807, 2.05) is 0 Å². The third-order valence-electron chi connectivity index (χ3n) is 1.25. The Bertz CT molecular complexity index is 423. The third-order valence-corrected chi connectivity index (χ3v) is 2.42. The highest BCUT2D eigenvalue weighted by Gasteiger charge is 2.20. The van der Waals surface area contributed by atoms with Crippen LogP contribution in [0.1, 0.15) is 0 Å². The number of halogens is 3. The molecule has 0 unspecified atom stereocenters. The van der Waals surface area contributed by atoms with Crippen LogP contribution in [0.4, 0.5) is 8.78 Å². The maximum atomic E-state index is 12.8. The number of benzene rings is 1. The quantitative estimate of drug-likeness (QED) is 0.785. The summed E-state index contributed by atoms with van der Waals surface area (Å²) in [4.78, 5) is -1.17. The molecular formula is C6H4ClF2NO2S. The molecule has 3 nitrogen and oxygen atoms in total. The number of primary sulfonamides is 1. The van der Waals surface area contributed by atoms with Gasteiger partial charge in [-0.05, 0) is 12.1 Å². The van der Waals surface area contributed by atoms with Gasteiger partial charge in [-0.1, -0.05) is 11.6 Å². The molecule has 0 bridgehead atoms. The molecule has 0 fully saturated rings. The van der Waals surface area contributed by atoms with E-state index in [0.717, 1.165) is 0 Å². The van der Waals surface area contributed by atoms with E-state index in [1.165, 1.54) is 0 Å². The number of nitrogens with two attached hydrogens (primary N) is 1. The zero-order chi connectivity index (χ0) is 10.2. The van der Waals surface area contributed by atoms with E-state index >= 15 is 0 Å². The van der Waals surface area contributed by atoms with Crippen LogP contribution in [0.15, 0.2) is 17.0 Å². The molecule has 72 valence electrons. The first-order valence-corrected chi connectivity index (χ1v) is 4.92. The first-order valence-electron chi connectivity index (χ1n) is 2.99. The molecular weight excluding hydrogens is 224 g/mol. The van der Waals surface area contributed by atoms with Crippen LogP contribution in [-0.2, 0) is 10.0 Å². The molecule has 0 aliphatic heterocycles. The van der Waals surface area contributed by atoms with Crippen molar-refractivity contribution in [2.75, 3.05) is 0 Å². The first kappa shape index (κ1) is 10.4. The summed E-state index contributed by atoms with van der Waals surface area (Å²) in [6.07, 6.45) is 0. The molecule has 0 saturated carbocycles. The number of rotatable bonds is 1. The average molecular weight is 228 g/mol. The van der Waals surface area contributed by atoms with Crippen LogP contribution in [0.2, 0.25) is 5.02 Å². The van der Waals surface area contributed by atoms with Gasteiger partial charge in [0.1, 0.15) is 11.6 Å². The molecule has 0 heterocycles. The molecule has 0 radical (unpaired) electrons. The lowest BCUT2D eigenvalue weighted by atomic mass is 10.3. The molecule has 0 saturated heterocycles. The van der Waals surface area contributed by atoms with Crippen molar-refractivity contribution in [3.05, 3.63) is 28.8 Å². The highest BCUT2D eigenvalue weighted by molar-refractivity contribution is 7.89. The minimum Gasteiger partial charge on any atom is -0.224 e. The monoisotopic (exact) mass is 227 g/mol. The van der Waals surface area contributed by atoms with Crippen LogP contribution in [-0.4, -0.2) is 8.42 Å². The molecule has 0 amide bonds. The van der Waals surface area contributed by atoms with Gasteiger partial charge in [0.05, 0.1) is 0 Å². The van der Waals surface area contributed by atoms with Crippen LogP contribution < -0.4 is 5.14 Å². The molecule has 0 spiro atoms. The molecule has 0 aliphatic rings. The maximum Gasteiger partial charge on any atom is 0.243 e. The van der Waals surface area contributed by atoms with E-state index in [1.54, 1.807) is 0 Å². The predicted octanol–water partition coefficient (Wildman–Crippen LogP) is 1.27. The molecule has 13 heavy (non-hydrogen) atoms. The maximum absolute atomic E-state index is 12.8. The molecule has 1 rings (SSSR count). The first-order chi connectivity index (χ1) is 5.82. The number of hydrogen-bond acceptors (Lipinski definition) is 2. The Hall–Kier alpha value is -0.720. The van der Waals surface area contributed by atoms with Crippen molar-refractivity contribution < 1.29 is 17.2 Å². The van der Waals surface area contributed by atoms with E-state index in [4.69, 9.17) is 11.6 Å². The van der Waals surface area contributed by atoms with Crippen molar-refractivity contribution in [3.8, 4) is 0 Å². The fourth-order valence-electron chi connectivity index (χ4n) is 0.801. The van der Waals surface area contributed by atoms with Crippen LogP contribution in [0.5, 0.6) is 0 Å². The summed E-state index contributed by atoms with van der Waals surface area (Å²) in [5.41, 5.74) is 0. The topological polar surface area (TPSA) is 60.2 Å². The van der Waals surface area contributed by atoms with Crippen molar-refractivity contribution in [2.45, 2.75) is 4.90 Å². The van der Waals surface area contributed by atoms with Crippen molar-refractivity contribution in [1.29, 1.82) is 0 Å². The summed E-state index contributed by atoms with van der Waals surface area (Å²) in [6, 6.07) is 1.34. The van der Waals surface area contributed by atoms with Gasteiger partial charge >= 0.3 is 0 Å². The second kappa shape index (κ2) is 3.21. The van der Waals surface area contributed by atoms with Gasteiger partial charge in [0.2, 0.25) is 10.0 Å². The van der Waals surface area contributed by atoms with E-state index in [2.05, 4.69) is 5.14 Å².